The summed E-state index contributed by atoms with van der Waals surface area (Å²) in [6.07, 6.45) is -1.56. The number of alkyl halides is 2. The number of anilines is 1. The van der Waals surface area contributed by atoms with E-state index < -0.39 is 23.9 Å². The SMILES string of the molecule is CCn1c(C(F)F)nc2sc(N3CCC[C@@H]3C(=O)NCc3cccc(F)c3)nc2c1=O. The van der Waals surface area contributed by atoms with Crippen molar-refractivity contribution in [2.75, 3.05) is 11.4 Å². The van der Waals surface area contributed by atoms with Gasteiger partial charge in [-0.2, -0.15) is 0 Å². The third-order valence-electron chi connectivity index (χ3n) is 5.21. The Morgan fingerprint density at radius 3 is 2.87 bits per heavy atom. The number of nitrogens with one attached hydrogen (secondary N) is 1. The lowest BCUT2D eigenvalue weighted by molar-refractivity contribution is -0.122. The molecule has 0 unspecified atom stereocenters. The summed E-state index contributed by atoms with van der Waals surface area (Å²) in [5, 5.41) is 3.20. The first kappa shape index (κ1) is 21.3. The lowest BCUT2D eigenvalue weighted by Crippen LogP contribution is -2.43. The fraction of sp³-hybridized carbons (Fsp3) is 0.400. The average molecular weight is 451 g/mol. The van der Waals surface area contributed by atoms with Gasteiger partial charge in [0, 0.05) is 19.6 Å². The highest BCUT2D eigenvalue weighted by molar-refractivity contribution is 7.21. The Bertz CT molecular complexity index is 1180. The van der Waals surface area contributed by atoms with E-state index in [-0.39, 0.29) is 35.2 Å². The number of nitrogens with zero attached hydrogens (tertiary/aromatic N) is 4. The number of aromatic nitrogens is 3. The van der Waals surface area contributed by atoms with Crippen molar-refractivity contribution in [3.05, 3.63) is 51.8 Å². The van der Waals surface area contributed by atoms with E-state index in [1.165, 1.54) is 12.1 Å². The molecular formula is C20H20F3N5O2S. The van der Waals surface area contributed by atoms with Gasteiger partial charge < -0.3 is 10.2 Å². The van der Waals surface area contributed by atoms with E-state index >= 15 is 0 Å². The second-order valence-electron chi connectivity index (χ2n) is 7.17. The second kappa shape index (κ2) is 8.66. The molecule has 1 aromatic carbocycles. The van der Waals surface area contributed by atoms with Gasteiger partial charge in [0.15, 0.2) is 21.3 Å². The number of rotatable bonds is 6. The molecule has 0 spiro atoms. The number of halogens is 3. The van der Waals surface area contributed by atoms with Crippen LogP contribution in [0.4, 0.5) is 18.3 Å². The lowest BCUT2D eigenvalue weighted by Gasteiger charge is -2.23. The number of hydrogen-bond donors (Lipinski definition) is 1. The summed E-state index contributed by atoms with van der Waals surface area (Å²) in [6, 6.07) is 5.46. The van der Waals surface area contributed by atoms with Crippen LogP contribution < -0.4 is 15.8 Å². The largest absolute Gasteiger partial charge is 0.350 e. The van der Waals surface area contributed by atoms with Crippen LogP contribution in [-0.2, 0) is 17.9 Å². The minimum absolute atomic E-state index is 0.0251. The molecule has 3 heterocycles. The summed E-state index contributed by atoms with van der Waals surface area (Å²) in [7, 11) is 0. The molecule has 3 aromatic rings. The molecule has 1 aliphatic heterocycles. The standard InChI is InChI=1S/C20H20F3N5O2S/c1-2-27-16(15(22)23)26-18-14(19(27)30)25-20(31-18)28-8-4-7-13(28)17(29)24-10-11-5-3-6-12(21)9-11/h3,5-6,9,13,15H,2,4,7-8,10H2,1H3,(H,24,29)/t13-/m1/s1. The van der Waals surface area contributed by atoms with Crippen molar-refractivity contribution in [1.29, 1.82) is 0 Å². The zero-order valence-electron chi connectivity index (χ0n) is 16.6. The van der Waals surface area contributed by atoms with E-state index in [9.17, 15) is 22.8 Å². The van der Waals surface area contributed by atoms with Crippen molar-refractivity contribution < 1.29 is 18.0 Å². The molecule has 0 saturated carbocycles. The average Bonchev–Trinajstić information content (AvgIpc) is 3.39. The van der Waals surface area contributed by atoms with Crippen molar-refractivity contribution in [3.8, 4) is 0 Å². The van der Waals surface area contributed by atoms with Crippen LogP contribution in [0.5, 0.6) is 0 Å². The monoisotopic (exact) mass is 451 g/mol. The van der Waals surface area contributed by atoms with E-state index in [1.807, 2.05) is 0 Å². The van der Waals surface area contributed by atoms with Gasteiger partial charge in [-0.05, 0) is 37.5 Å². The number of thiazole rings is 1. The molecule has 1 saturated heterocycles. The van der Waals surface area contributed by atoms with Gasteiger partial charge in [-0.25, -0.2) is 23.1 Å². The van der Waals surface area contributed by atoms with Gasteiger partial charge in [0.2, 0.25) is 5.91 Å². The molecule has 1 N–H and O–H groups in total. The molecule has 1 fully saturated rings. The van der Waals surface area contributed by atoms with Gasteiger partial charge in [0.25, 0.3) is 12.0 Å². The summed E-state index contributed by atoms with van der Waals surface area (Å²) in [6.45, 7) is 2.37. The van der Waals surface area contributed by atoms with E-state index in [2.05, 4.69) is 15.3 Å². The van der Waals surface area contributed by atoms with Crippen molar-refractivity contribution in [2.24, 2.45) is 0 Å². The predicted octanol–water partition coefficient (Wildman–Crippen LogP) is 3.23. The molecule has 164 valence electrons. The van der Waals surface area contributed by atoms with Crippen LogP contribution in [-0.4, -0.2) is 33.0 Å². The highest BCUT2D eigenvalue weighted by atomic mass is 32.1. The van der Waals surface area contributed by atoms with Gasteiger partial charge >= 0.3 is 0 Å². The fourth-order valence-corrected chi connectivity index (χ4v) is 4.74. The van der Waals surface area contributed by atoms with Crippen molar-refractivity contribution in [1.82, 2.24) is 19.9 Å². The normalized spacial score (nSPS) is 16.4. The Hall–Kier alpha value is -2.95. The molecule has 0 radical (unpaired) electrons. The third-order valence-corrected chi connectivity index (χ3v) is 6.19. The van der Waals surface area contributed by atoms with Crippen LogP contribution >= 0.6 is 11.3 Å². The first-order chi connectivity index (χ1) is 14.9. The number of hydrogen-bond acceptors (Lipinski definition) is 6. The Balaban J connectivity index is 1.58. The maximum atomic E-state index is 13.3. The van der Waals surface area contributed by atoms with Crippen molar-refractivity contribution in [2.45, 2.75) is 45.3 Å². The number of amides is 1. The first-order valence-electron chi connectivity index (χ1n) is 9.87. The quantitative estimate of drug-likeness (QED) is 0.623. The van der Waals surface area contributed by atoms with E-state index in [0.29, 0.717) is 23.7 Å². The van der Waals surface area contributed by atoms with Crippen molar-refractivity contribution >= 4 is 32.7 Å². The second-order valence-corrected chi connectivity index (χ2v) is 8.13. The van der Waals surface area contributed by atoms with Crippen LogP contribution in [0.15, 0.2) is 29.1 Å². The van der Waals surface area contributed by atoms with Gasteiger partial charge in [-0.3, -0.25) is 14.2 Å². The summed E-state index contributed by atoms with van der Waals surface area (Å²) >= 11 is 1.02. The minimum Gasteiger partial charge on any atom is -0.350 e. The van der Waals surface area contributed by atoms with Gasteiger partial charge in [0.05, 0.1) is 0 Å². The van der Waals surface area contributed by atoms with E-state index in [4.69, 9.17) is 0 Å². The lowest BCUT2D eigenvalue weighted by atomic mass is 10.2. The topological polar surface area (TPSA) is 80.1 Å². The number of benzene rings is 1. The summed E-state index contributed by atoms with van der Waals surface area (Å²) in [5.74, 6) is -1.20. The molecule has 1 amide bonds. The Morgan fingerprint density at radius 2 is 2.16 bits per heavy atom. The molecule has 11 heteroatoms. The Labute approximate surface area is 179 Å². The van der Waals surface area contributed by atoms with Gasteiger partial charge in [-0.1, -0.05) is 23.5 Å². The summed E-state index contributed by atoms with van der Waals surface area (Å²) < 4.78 is 40.9. The molecule has 2 aromatic heterocycles. The smallest absolute Gasteiger partial charge is 0.295 e. The molecule has 31 heavy (non-hydrogen) atoms. The maximum Gasteiger partial charge on any atom is 0.295 e. The van der Waals surface area contributed by atoms with Crippen LogP contribution in [0, 0.1) is 5.82 Å². The van der Waals surface area contributed by atoms with Crippen molar-refractivity contribution in [3.63, 3.8) is 0 Å². The highest BCUT2D eigenvalue weighted by Gasteiger charge is 2.33. The number of fused-ring (bicyclic) bond motifs is 1. The number of carbonyl (C=O) groups is 1. The van der Waals surface area contributed by atoms with Gasteiger partial charge in [-0.15, -0.1) is 0 Å². The number of carbonyl (C=O) groups excluding carboxylic acids is 1. The Morgan fingerprint density at radius 1 is 1.35 bits per heavy atom. The fourth-order valence-electron chi connectivity index (χ4n) is 3.73. The molecule has 4 rings (SSSR count). The van der Waals surface area contributed by atoms with E-state index in [0.717, 1.165) is 22.3 Å². The molecule has 7 nitrogen and oxygen atoms in total. The van der Waals surface area contributed by atoms with Gasteiger partial charge in [0.1, 0.15) is 11.9 Å². The van der Waals surface area contributed by atoms with E-state index in [1.54, 1.807) is 24.0 Å². The molecule has 1 atom stereocenters. The third kappa shape index (κ3) is 4.14. The summed E-state index contributed by atoms with van der Waals surface area (Å²) in [4.78, 5) is 35.6. The van der Waals surface area contributed by atoms with Crippen LogP contribution in [0.2, 0.25) is 0 Å². The molecule has 0 bridgehead atoms. The molecule has 1 aliphatic rings. The Kier molecular flexibility index (Phi) is 5.94. The molecule has 0 aliphatic carbocycles. The van der Waals surface area contributed by atoms with Crippen LogP contribution in [0.25, 0.3) is 10.3 Å². The summed E-state index contributed by atoms with van der Waals surface area (Å²) in [5.41, 5.74) is 0.0513. The maximum absolute atomic E-state index is 13.3. The zero-order valence-corrected chi connectivity index (χ0v) is 17.5. The first-order valence-corrected chi connectivity index (χ1v) is 10.7. The zero-order chi connectivity index (χ0) is 22.1. The predicted molar refractivity (Wildman–Crippen MR) is 111 cm³/mol. The molecular weight excluding hydrogens is 431 g/mol. The highest BCUT2D eigenvalue weighted by Crippen LogP contribution is 2.32. The van der Waals surface area contributed by atoms with Crippen LogP contribution in [0.3, 0.4) is 0 Å². The van der Waals surface area contributed by atoms with Crippen LogP contribution in [0.1, 0.15) is 37.6 Å². The minimum atomic E-state index is -2.88.